The zero-order valence-corrected chi connectivity index (χ0v) is 8.78. The van der Waals surface area contributed by atoms with Gasteiger partial charge in [-0.2, -0.15) is 0 Å². The molecule has 0 unspecified atom stereocenters. The van der Waals surface area contributed by atoms with Crippen LogP contribution in [0.3, 0.4) is 0 Å². The largest absolute Gasteiger partial charge is 0.394 e. The van der Waals surface area contributed by atoms with Crippen molar-refractivity contribution in [1.82, 2.24) is 0 Å². The van der Waals surface area contributed by atoms with Crippen LogP contribution in [-0.4, -0.2) is 63.8 Å². The van der Waals surface area contributed by atoms with Crippen LogP contribution in [0.25, 0.3) is 0 Å². The average molecular weight is 222 g/mol. The maximum atomic E-state index is 9.53. The molecule has 90 valence electrons. The molecule has 1 saturated heterocycles. The Kier molecular flexibility index (Phi) is 4.45. The highest BCUT2D eigenvalue weighted by molar-refractivity contribution is 4.88. The van der Waals surface area contributed by atoms with E-state index < -0.39 is 37.3 Å². The maximum Gasteiger partial charge on any atom is 0.186 e. The minimum Gasteiger partial charge on any atom is -0.394 e. The Bertz CT molecular complexity index is 195. The fraction of sp³-hybridized carbons (Fsp3) is 1.00. The van der Waals surface area contributed by atoms with Gasteiger partial charge in [0, 0.05) is 0 Å². The molecule has 0 amide bonds. The number of rotatable bonds is 3. The fourth-order valence-corrected chi connectivity index (χ4v) is 1.45. The minimum absolute atomic E-state index is 0.188. The van der Waals surface area contributed by atoms with E-state index in [1.165, 1.54) is 0 Å². The van der Waals surface area contributed by atoms with Gasteiger partial charge in [-0.25, -0.2) is 0 Å². The molecule has 0 spiro atoms. The van der Waals surface area contributed by atoms with Crippen LogP contribution in [-0.2, 0) is 9.47 Å². The normalized spacial score (nSPS) is 42.2. The predicted octanol–water partition coefficient (Wildman–Crippen LogP) is -1.79. The minimum atomic E-state index is -1.38. The summed E-state index contributed by atoms with van der Waals surface area (Å²) in [4.78, 5) is 0. The molecule has 0 saturated carbocycles. The van der Waals surface area contributed by atoms with Gasteiger partial charge in [-0.15, -0.1) is 0 Å². The van der Waals surface area contributed by atoms with Crippen LogP contribution in [0.1, 0.15) is 13.8 Å². The number of aliphatic hydroxyl groups is 4. The highest BCUT2D eigenvalue weighted by atomic mass is 16.7. The van der Waals surface area contributed by atoms with E-state index in [1.54, 1.807) is 13.8 Å². The molecule has 0 radical (unpaired) electrons. The van der Waals surface area contributed by atoms with Crippen LogP contribution in [0.4, 0.5) is 0 Å². The van der Waals surface area contributed by atoms with Crippen molar-refractivity contribution in [3.05, 3.63) is 0 Å². The molecule has 0 bridgehead atoms. The molecule has 1 fully saturated rings. The SMILES string of the molecule is CC(C)O[C@@H]1O[C@H](CO)[C@@H](O)[C@H](O)[C@@H]1O. The Hall–Kier alpha value is -0.240. The van der Waals surface area contributed by atoms with Gasteiger partial charge in [0.25, 0.3) is 0 Å². The summed E-state index contributed by atoms with van der Waals surface area (Å²) in [5.41, 5.74) is 0. The van der Waals surface area contributed by atoms with E-state index >= 15 is 0 Å². The smallest absolute Gasteiger partial charge is 0.186 e. The van der Waals surface area contributed by atoms with Gasteiger partial charge in [-0.3, -0.25) is 0 Å². The molecule has 1 aliphatic heterocycles. The van der Waals surface area contributed by atoms with Crippen LogP contribution in [0, 0.1) is 0 Å². The second kappa shape index (κ2) is 5.20. The number of hydrogen-bond acceptors (Lipinski definition) is 6. The van der Waals surface area contributed by atoms with Gasteiger partial charge in [0.1, 0.15) is 24.4 Å². The third-order valence-corrected chi connectivity index (χ3v) is 2.25. The monoisotopic (exact) mass is 222 g/mol. The molecule has 6 nitrogen and oxygen atoms in total. The maximum absolute atomic E-state index is 9.53. The number of aliphatic hydroxyl groups excluding tert-OH is 4. The first-order valence-corrected chi connectivity index (χ1v) is 4.93. The molecule has 0 aromatic heterocycles. The van der Waals surface area contributed by atoms with Crippen molar-refractivity contribution in [2.24, 2.45) is 0 Å². The first-order chi connectivity index (χ1) is 6.97. The first kappa shape index (κ1) is 12.8. The van der Waals surface area contributed by atoms with Crippen molar-refractivity contribution in [2.75, 3.05) is 6.61 Å². The molecule has 0 aliphatic carbocycles. The molecular formula is C9H18O6. The van der Waals surface area contributed by atoms with E-state index in [4.69, 9.17) is 14.6 Å². The second-order valence-electron chi connectivity index (χ2n) is 3.88. The van der Waals surface area contributed by atoms with Crippen molar-refractivity contribution >= 4 is 0 Å². The van der Waals surface area contributed by atoms with Gasteiger partial charge in [0.05, 0.1) is 12.7 Å². The van der Waals surface area contributed by atoms with Crippen molar-refractivity contribution < 1.29 is 29.9 Å². The van der Waals surface area contributed by atoms with E-state index in [0.717, 1.165) is 0 Å². The molecule has 0 aromatic rings. The van der Waals surface area contributed by atoms with Crippen molar-refractivity contribution in [3.63, 3.8) is 0 Å². The van der Waals surface area contributed by atoms with Gasteiger partial charge in [-0.05, 0) is 13.8 Å². The average Bonchev–Trinajstić information content (AvgIpc) is 2.18. The van der Waals surface area contributed by atoms with Crippen LogP contribution < -0.4 is 0 Å². The highest BCUT2D eigenvalue weighted by Crippen LogP contribution is 2.22. The molecular weight excluding hydrogens is 204 g/mol. The number of hydrogen-bond donors (Lipinski definition) is 4. The van der Waals surface area contributed by atoms with Gasteiger partial charge in [-0.1, -0.05) is 0 Å². The third kappa shape index (κ3) is 2.87. The van der Waals surface area contributed by atoms with E-state index in [0.29, 0.717) is 0 Å². The Morgan fingerprint density at radius 2 is 1.73 bits per heavy atom. The molecule has 6 heteroatoms. The predicted molar refractivity (Wildman–Crippen MR) is 50.0 cm³/mol. The van der Waals surface area contributed by atoms with E-state index in [-0.39, 0.29) is 6.10 Å². The van der Waals surface area contributed by atoms with Crippen LogP contribution in [0.15, 0.2) is 0 Å². The Morgan fingerprint density at radius 3 is 2.20 bits per heavy atom. The summed E-state index contributed by atoms with van der Waals surface area (Å²) in [6, 6.07) is 0. The van der Waals surface area contributed by atoms with Gasteiger partial charge >= 0.3 is 0 Å². The van der Waals surface area contributed by atoms with Gasteiger partial charge in [0.2, 0.25) is 0 Å². The quantitative estimate of drug-likeness (QED) is 0.450. The summed E-state index contributed by atoms with van der Waals surface area (Å²) in [7, 11) is 0. The van der Waals surface area contributed by atoms with Crippen LogP contribution >= 0.6 is 0 Å². The van der Waals surface area contributed by atoms with Crippen LogP contribution in [0.5, 0.6) is 0 Å². The molecule has 0 aromatic carbocycles. The molecule has 1 aliphatic rings. The second-order valence-corrected chi connectivity index (χ2v) is 3.88. The van der Waals surface area contributed by atoms with E-state index in [9.17, 15) is 15.3 Å². The first-order valence-electron chi connectivity index (χ1n) is 4.93. The molecule has 4 N–H and O–H groups in total. The Labute approximate surface area is 88.1 Å². The fourth-order valence-electron chi connectivity index (χ4n) is 1.45. The summed E-state index contributed by atoms with van der Waals surface area (Å²) in [5.74, 6) is 0. The molecule has 1 rings (SSSR count). The zero-order valence-electron chi connectivity index (χ0n) is 8.78. The Morgan fingerprint density at radius 1 is 1.13 bits per heavy atom. The standard InChI is InChI=1S/C9H18O6/c1-4(2)14-9-8(13)7(12)6(11)5(3-10)15-9/h4-13H,3H2,1-2H3/t5-,6-,7+,8+,9-/m1/s1. The molecule has 5 atom stereocenters. The lowest BCUT2D eigenvalue weighted by atomic mass is 9.99. The summed E-state index contributed by atoms with van der Waals surface area (Å²) in [5, 5.41) is 37.3. The van der Waals surface area contributed by atoms with Crippen molar-refractivity contribution in [2.45, 2.75) is 50.7 Å². The molecule has 15 heavy (non-hydrogen) atoms. The summed E-state index contributed by atoms with van der Waals surface area (Å²) in [6.07, 6.45) is -6.15. The van der Waals surface area contributed by atoms with E-state index in [2.05, 4.69) is 0 Å². The Balaban J connectivity index is 2.65. The zero-order chi connectivity index (χ0) is 11.6. The van der Waals surface area contributed by atoms with E-state index in [1.807, 2.05) is 0 Å². The van der Waals surface area contributed by atoms with Gasteiger partial charge < -0.3 is 29.9 Å². The lowest BCUT2D eigenvalue weighted by Gasteiger charge is -2.40. The highest BCUT2D eigenvalue weighted by Gasteiger charge is 2.44. The summed E-state index contributed by atoms with van der Waals surface area (Å²) < 4.78 is 10.3. The lowest BCUT2D eigenvalue weighted by Crippen LogP contribution is -2.59. The van der Waals surface area contributed by atoms with Crippen LogP contribution in [0.2, 0.25) is 0 Å². The van der Waals surface area contributed by atoms with Gasteiger partial charge in [0.15, 0.2) is 6.29 Å². The third-order valence-electron chi connectivity index (χ3n) is 2.25. The van der Waals surface area contributed by atoms with Crippen molar-refractivity contribution in [3.8, 4) is 0 Å². The summed E-state index contributed by atoms with van der Waals surface area (Å²) in [6.45, 7) is 3.06. The number of ether oxygens (including phenoxy) is 2. The topological polar surface area (TPSA) is 99.4 Å². The molecule has 1 heterocycles. The summed E-state index contributed by atoms with van der Waals surface area (Å²) >= 11 is 0. The lowest BCUT2D eigenvalue weighted by molar-refractivity contribution is -0.308. The van der Waals surface area contributed by atoms with Crippen molar-refractivity contribution in [1.29, 1.82) is 0 Å².